The van der Waals surface area contributed by atoms with Crippen molar-refractivity contribution in [3.05, 3.63) is 52.5 Å². The van der Waals surface area contributed by atoms with Crippen molar-refractivity contribution in [2.75, 3.05) is 26.3 Å². The topological polar surface area (TPSA) is 58.6 Å². The zero-order valence-corrected chi connectivity index (χ0v) is 15.5. The van der Waals surface area contributed by atoms with Crippen molar-refractivity contribution >= 4 is 21.4 Å². The predicted octanol–water partition coefficient (Wildman–Crippen LogP) is 2.63. The Morgan fingerprint density at radius 2 is 1.88 bits per heavy atom. The molecule has 1 aliphatic heterocycles. The molecule has 136 valence electrons. The molecule has 25 heavy (non-hydrogen) atoms. The van der Waals surface area contributed by atoms with Crippen molar-refractivity contribution in [3.8, 4) is 0 Å². The Morgan fingerprint density at radius 3 is 2.48 bits per heavy atom. The lowest BCUT2D eigenvalue weighted by atomic mass is 10.1. The van der Waals surface area contributed by atoms with Gasteiger partial charge in [0.15, 0.2) is 0 Å². The van der Waals surface area contributed by atoms with Crippen LogP contribution in [-0.4, -0.2) is 45.7 Å². The van der Waals surface area contributed by atoms with Crippen molar-refractivity contribution in [1.82, 2.24) is 9.62 Å². The molecule has 1 fully saturated rings. The standard InChI is InChI=1S/C17H21FN2O3S2/c1-13(19-25(21,22)15-6-4-14(18)5-7-15)17(16-3-2-12-24-16)20-8-10-23-11-9-20/h2-7,12-13,17,19H,8-11H2,1H3/t13-,17-/m1/s1. The molecule has 8 heteroatoms. The molecule has 0 amide bonds. The maximum atomic E-state index is 13.1. The van der Waals surface area contributed by atoms with Crippen LogP contribution in [0.1, 0.15) is 17.8 Å². The molecule has 2 aromatic rings. The van der Waals surface area contributed by atoms with Crippen LogP contribution in [0.2, 0.25) is 0 Å². The zero-order valence-electron chi connectivity index (χ0n) is 13.9. The van der Waals surface area contributed by atoms with E-state index in [0.29, 0.717) is 13.2 Å². The van der Waals surface area contributed by atoms with Gasteiger partial charge < -0.3 is 4.74 Å². The van der Waals surface area contributed by atoms with Crippen LogP contribution in [0.4, 0.5) is 4.39 Å². The molecule has 0 unspecified atom stereocenters. The van der Waals surface area contributed by atoms with E-state index in [1.54, 1.807) is 11.3 Å². The van der Waals surface area contributed by atoms with E-state index in [1.165, 1.54) is 12.1 Å². The minimum Gasteiger partial charge on any atom is -0.379 e. The normalized spacial score (nSPS) is 18.8. The van der Waals surface area contributed by atoms with E-state index in [1.807, 2.05) is 24.4 Å². The van der Waals surface area contributed by atoms with Gasteiger partial charge in [-0.1, -0.05) is 6.07 Å². The van der Waals surface area contributed by atoms with Gasteiger partial charge in [-0.05, 0) is 42.6 Å². The molecule has 0 saturated carbocycles. The van der Waals surface area contributed by atoms with E-state index in [4.69, 9.17) is 4.74 Å². The second-order valence-corrected chi connectivity index (χ2v) is 8.67. The van der Waals surface area contributed by atoms with Crippen molar-refractivity contribution in [1.29, 1.82) is 0 Å². The summed E-state index contributed by atoms with van der Waals surface area (Å²) in [7, 11) is -3.72. The number of nitrogens with zero attached hydrogens (tertiary/aromatic N) is 1. The van der Waals surface area contributed by atoms with E-state index in [0.717, 1.165) is 30.1 Å². The van der Waals surface area contributed by atoms with E-state index in [9.17, 15) is 12.8 Å². The molecular formula is C17H21FN2O3S2. The number of thiophene rings is 1. The molecule has 5 nitrogen and oxygen atoms in total. The van der Waals surface area contributed by atoms with Gasteiger partial charge in [-0.15, -0.1) is 11.3 Å². The third-order valence-corrected chi connectivity index (χ3v) is 6.73. The number of hydrogen-bond donors (Lipinski definition) is 1. The monoisotopic (exact) mass is 384 g/mol. The number of halogens is 1. The Bertz CT molecular complexity index is 773. The molecule has 1 aliphatic rings. The fraction of sp³-hybridized carbons (Fsp3) is 0.412. The van der Waals surface area contributed by atoms with Gasteiger partial charge in [-0.2, -0.15) is 0 Å². The van der Waals surface area contributed by atoms with Crippen LogP contribution in [0.3, 0.4) is 0 Å². The highest BCUT2D eigenvalue weighted by Gasteiger charge is 2.31. The Morgan fingerprint density at radius 1 is 1.20 bits per heavy atom. The first-order chi connectivity index (χ1) is 12.0. The van der Waals surface area contributed by atoms with E-state index in [2.05, 4.69) is 9.62 Å². The first-order valence-corrected chi connectivity index (χ1v) is 10.5. The maximum Gasteiger partial charge on any atom is 0.240 e. The zero-order chi connectivity index (χ0) is 17.9. The Labute approximate surface area is 151 Å². The van der Waals surface area contributed by atoms with Crippen molar-refractivity contribution in [3.63, 3.8) is 0 Å². The number of ether oxygens (including phenoxy) is 1. The van der Waals surface area contributed by atoms with Crippen molar-refractivity contribution < 1.29 is 17.5 Å². The van der Waals surface area contributed by atoms with E-state index < -0.39 is 15.8 Å². The molecular weight excluding hydrogens is 363 g/mol. The number of sulfonamides is 1. The average molecular weight is 384 g/mol. The lowest BCUT2D eigenvalue weighted by molar-refractivity contribution is 0.0113. The van der Waals surface area contributed by atoms with Crippen molar-refractivity contribution in [2.45, 2.75) is 23.9 Å². The summed E-state index contributed by atoms with van der Waals surface area (Å²) in [6, 6.07) is 8.43. The highest BCUT2D eigenvalue weighted by molar-refractivity contribution is 7.89. The van der Waals surface area contributed by atoms with Gasteiger partial charge in [0.25, 0.3) is 0 Å². The summed E-state index contributed by atoms with van der Waals surface area (Å²) in [5.41, 5.74) is 0. The van der Waals surface area contributed by atoms with Gasteiger partial charge in [0.05, 0.1) is 24.2 Å². The van der Waals surface area contributed by atoms with Crippen LogP contribution >= 0.6 is 11.3 Å². The number of hydrogen-bond acceptors (Lipinski definition) is 5. The summed E-state index contributed by atoms with van der Waals surface area (Å²) < 4.78 is 46.5. The van der Waals surface area contributed by atoms with Crippen molar-refractivity contribution in [2.24, 2.45) is 0 Å². The smallest absolute Gasteiger partial charge is 0.240 e. The van der Waals surface area contributed by atoms with Crippen LogP contribution in [-0.2, 0) is 14.8 Å². The fourth-order valence-electron chi connectivity index (χ4n) is 3.05. The van der Waals surface area contributed by atoms with E-state index in [-0.39, 0.29) is 17.0 Å². The van der Waals surface area contributed by atoms with Crippen LogP contribution in [0, 0.1) is 5.82 Å². The molecule has 1 N–H and O–H groups in total. The predicted molar refractivity (Wildman–Crippen MR) is 95.6 cm³/mol. The molecule has 2 heterocycles. The lowest BCUT2D eigenvalue weighted by Crippen LogP contribution is -2.48. The van der Waals surface area contributed by atoms with Crippen LogP contribution in [0.25, 0.3) is 0 Å². The summed E-state index contributed by atoms with van der Waals surface area (Å²) in [6.07, 6.45) is 0. The van der Waals surface area contributed by atoms with E-state index >= 15 is 0 Å². The van der Waals surface area contributed by atoms with Gasteiger partial charge in [-0.25, -0.2) is 17.5 Å². The molecule has 0 aliphatic carbocycles. The summed E-state index contributed by atoms with van der Waals surface area (Å²) in [6.45, 7) is 4.65. The van der Waals surface area contributed by atoms with Gasteiger partial charge >= 0.3 is 0 Å². The van der Waals surface area contributed by atoms with Gasteiger partial charge in [0, 0.05) is 24.0 Å². The molecule has 3 rings (SSSR count). The average Bonchev–Trinajstić information content (AvgIpc) is 3.10. The fourth-order valence-corrected chi connectivity index (χ4v) is 5.26. The van der Waals surface area contributed by atoms with Crippen LogP contribution in [0.15, 0.2) is 46.7 Å². The Kier molecular flexibility index (Phi) is 5.85. The summed E-state index contributed by atoms with van der Waals surface area (Å²) in [4.78, 5) is 3.41. The Hall–Kier alpha value is -1.32. The first kappa shape index (κ1) is 18.5. The number of nitrogens with one attached hydrogen (secondary N) is 1. The van der Waals surface area contributed by atoms with Crippen LogP contribution in [0.5, 0.6) is 0 Å². The number of morpholine rings is 1. The van der Waals surface area contributed by atoms with Gasteiger partial charge in [-0.3, -0.25) is 4.90 Å². The van der Waals surface area contributed by atoms with Crippen LogP contribution < -0.4 is 4.72 Å². The summed E-state index contributed by atoms with van der Waals surface area (Å²) in [5.74, 6) is -0.461. The largest absolute Gasteiger partial charge is 0.379 e. The molecule has 0 spiro atoms. The molecule has 0 radical (unpaired) electrons. The second kappa shape index (κ2) is 7.92. The molecule has 1 aromatic carbocycles. The summed E-state index contributed by atoms with van der Waals surface area (Å²) in [5, 5.41) is 1.99. The minimum atomic E-state index is -3.72. The maximum absolute atomic E-state index is 13.1. The second-order valence-electron chi connectivity index (χ2n) is 5.97. The number of benzene rings is 1. The lowest BCUT2D eigenvalue weighted by Gasteiger charge is -2.37. The first-order valence-electron chi connectivity index (χ1n) is 8.10. The highest BCUT2D eigenvalue weighted by Crippen LogP contribution is 2.29. The summed E-state index contributed by atoms with van der Waals surface area (Å²) >= 11 is 1.61. The Balaban J connectivity index is 1.82. The third kappa shape index (κ3) is 4.45. The number of rotatable bonds is 6. The molecule has 2 atom stereocenters. The SMILES string of the molecule is C[C@@H](NS(=O)(=O)c1ccc(F)cc1)[C@H](c1cccs1)N1CCOCC1. The molecule has 1 aromatic heterocycles. The van der Waals surface area contributed by atoms with Gasteiger partial charge in [0.2, 0.25) is 10.0 Å². The third-order valence-electron chi connectivity index (χ3n) is 4.21. The quantitative estimate of drug-likeness (QED) is 0.832. The molecule has 1 saturated heterocycles. The molecule has 0 bridgehead atoms. The minimum absolute atomic E-state index is 0.0626. The highest BCUT2D eigenvalue weighted by atomic mass is 32.2. The van der Waals surface area contributed by atoms with Gasteiger partial charge in [0.1, 0.15) is 5.82 Å².